The summed E-state index contributed by atoms with van der Waals surface area (Å²) in [6.45, 7) is -0.115. The molecule has 0 bridgehead atoms. The maximum absolute atomic E-state index is 12.5. The molecule has 0 fully saturated rings. The van der Waals surface area contributed by atoms with E-state index in [4.69, 9.17) is 23.2 Å². The number of nitrogens with one attached hydrogen (secondary N) is 1. The summed E-state index contributed by atoms with van der Waals surface area (Å²) in [5.74, 6) is -0.652. The fraction of sp³-hybridized carbons (Fsp3) is 0.105. The van der Waals surface area contributed by atoms with E-state index in [1.54, 1.807) is 36.1 Å². The van der Waals surface area contributed by atoms with Crippen LogP contribution >= 0.6 is 23.2 Å². The molecular formula is C19H16Cl2N4O2. The van der Waals surface area contributed by atoms with Crippen molar-refractivity contribution in [1.82, 2.24) is 14.7 Å². The number of hydrogen-bond donors (Lipinski definition) is 1. The van der Waals surface area contributed by atoms with Gasteiger partial charge in [0.25, 0.3) is 5.91 Å². The third-order valence-electron chi connectivity index (χ3n) is 3.78. The smallest absolute Gasteiger partial charge is 0.257 e. The van der Waals surface area contributed by atoms with Crippen molar-refractivity contribution in [1.29, 1.82) is 0 Å². The molecule has 0 aliphatic rings. The van der Waals surface area contributed by atoms with Crippen LogP contribution in [0.25, 0.3) is 5.69 Å². The molecule has 0 aliphatic carbocycles. The number of aromatic nitrogens is 2. The Balaban J connectivity index is 1.62. The van der Waals surface area contributed by atoms with Crippen LogP contribution in [0, 0.1) is 0 Å². The number of benzene rings is 2. The highest BCUT2D eigenvalue weighted by Crippen LogP contribution is 2.24. The van der Waals surface area contributed by atoms with Crippen LogP contribution in [0.5, 0.6) is 0 Å². The van der Waals surface area contributed by atoms with Crippen molar-refractivity contribution in [3.05, 3.63) is 76.5 Å². The lowest BCUT2D eigenvalue weighted by Crippen LogP contribution is -2.34. The molecule has 6 nitrogen and oxygen atoms in total. The summed E-state index contributed by atoms with van der Waals surface area (Å²) >= 11 is 11.8. The Hall–Kier alpha value is -2.83. The molecule has 8 heteroatoms. The van der Waals surface area contributed by atoms with Crippen molar-refractivity contribution in [3.63, 3.8) is 0 Å². The van der Waals surface area contributed by atoms with Gasteiger partial charge in [0.05, 0.1) is 34.0 Å². The van der Waals surface area contributed by atoms with E-state index in [2.05, 4.69) is 10.4 Å². The number of amides is 2. The number of nitrogens with zero attached hydrogens (tertiary/aromatic N) is 3. The van der Waals surface area contributed by atoms with Gasteiger partial charge in [0, 0.05) is 18.9 Å². The number of hydrogen-bond acceptors (Lipinski definition) is 3. The topological polar surface area (TPSA) is 67.2 Å². The third kappa shape index (κ3) is 4.67. The highest BCUT2D eigenvalue weighted by Gasteiger charge is 2.17. The molecule has 0 unspecified atom stereocenters. The summed E-state index contributed by atoms with van der Waals surface area (Å²) in [5, 5.41) is 7.62. The summed E-state index contributed by atoms with van der Waals surface area (Å²) in [5.41, 5.74) is 1.74. The lowest BCUT2D eigenvalue weighted by Gasteiger charge is -2.16. The summed E-state index contributed by atoms with van der Waals surface area (Å²) in [6, 6.07) is 14.2. The summed E-state index contributed by atoms with van der Waals surface area (Å²) in [7, 11) is 1.55. The Kier molecular flexibility index (Phi) is 5.78. The first-order valence-corrected chi connectivity index (χ1v) is 8.80. The van der Waals surface area contributed by atoms with E-state index in [0.29, 0.717) is 21.3 Å². The highest BCUT2D eigenvalue weighted by molar-refractivity contribution is 6.42. The predicted octanol–water partition coefficient (Wildman–Crippen LogP) is 3.89. The maximum atomic E-state index is 12.5. The molecule has 27 heavy (non-hydrogen) atoms. The van der Waals surface area contributed by atoms with Gasteiger partial charge in [-0.1, -0.05) is 41.4 Å². The number of rotatable bonds is 5. The van der Waals surface area contributed by atoms with Crippen molar-refractivity contribution in [2.45, 2.75) is 0 Å². The molecule has 2 amide bonds. The zero-order valence-corrected chi connectivity index (χ0v) is 15.9. The molecule has 1 N–H and O–H groups in total. The molecule has 1 aromatic heterocycles. The standard InChI is InChI=1S/C19H16Cl2N4O2/c1-24(12-18(26)23-14-7-8-16(20)17(21)9-14)19(27)13-10-22-25(11-13)15-5-3-2-4-6-15/h2-11H,12H2,1H3,(H,23,26). The molecule has 0 saturated carbocycles. The molecule has 3 rings (SSSR count). The van der Waals surface area contributed by atoms with Crippen molar-refractivity contribution < 1.29 is 9.59 Å². The zero-order valence-electron chi connectivity index (χ0n) is 14.4. The quantitative estimate of drug-likeness (QED) is 0.703. The van der Waals surface area contributed by atoms with Crippen LogP contribution in [0.1, 0.15) is 10.4 Å². The van der Waals surface area contributed by atoms with Crippen LogP contribution in [0.4, 0.5) is 5.69 Å². The lowest BCUT2D eigenvalue weighted by atomic mass is 10.3. The van der Waals surface area contributed by atoms with Gasteiger partial charge in [-0.2, -0.15) is 5.10 Å². The summed E-state index contributed by atoms with van der Waals surface area (Å²) in [4.78, 5) is 26.0. The zero-order chi connectivity index (χ0) is 19.4. The van der Waals surface area contributed by atoms with Gasteiger partial charge in [-0.15, -0.1) is 0 Å². The maximum Gasteiger partial charge on any atom is 0.257 e. The van der Waals surface area contributed by atoms with Gasteiger partial charge in [0.2, 0.25) is 5.91 Å². The Labute approximate surface area is 166 Å². The molecule has 2 aromatic carbocycles. The SMILES string of the molecule is CN(CC(=O)Nc1ccc(Cl)c(Cl)c1)C(=O)c1cnn(-c2ccccc2)c1. The van der Waals surface area contributed by atoms with Crippen LogP contribution in [0.2, 0.25) is 10.0 Å². The fourth-order valence-electron chi connectivity index (χ4n) is 2.44. The Morgan fingerprint density at radius 1 is 1.11 bits per heavy atom. The van der Waals surface area contributed by atoms with E-state index in [-0.39, 0.29) is 18.4 Å². The van der Waals surface area contributed by atoms with Gasteiger partial charge in [0.1, 0.15) is 0 Å². The second kappa shape index (κ2) is 8.24. The average Bonchev–Trinajstić information content (AvgIpc) is 3.15. The number of halogens is 2. The summed E-state index contributed by atoms with van der Waals surface area (Å²) in [6.07, 6.45) is 3.10. The second-order valence-electron chi connectivity index (χ2n) is 5.85. The van der Waals surface area contributed by atoms with Crippen molar-refractivity contribution in [2.24, 2.45) is 0 Å². The molecular weight excluding hydrogens is 387 g/mol. The molecule has 1 heterocycles. The van der Waals surface area contributed by atoms with Gasteiger partial charge >= 0.3 is 0 Å². The fourth-order valence-corrected chi connectivity index (χ4v) is 2.74. The first kappa shape index (κ1) is 18.9. The third-order valence-corrected chi connectivity index (χ3v) is 4.52. The summed E-state index contributed by atoms with van der Waals surface area (Å²) < 4.78 is 1.61. The first-order chi connectivity index (χ1) is 12.9. The monoisotopic (exact) mass is 402 g/mol. The van der Waals surface area contributed by atoms with E-state index in [9.17, 15) is 9.59 Å². The normalized spacial score (nSPS) is 10.5. The average molecular weight is 403 g/mol. The lowest BCUT2D eigenvalue weighted by molar-refractivity contribution is -0.116. The van der Waals surface area contributed by atoms with Crippen molar-refractivity contribution in [3.8, 4) is 5.69 Å². The van der Waals surface area contributed by atoms with Crippen LogP contribution in [0.3, 0.4) is 0 Å². The van der Waals surface area contributed by atoms with Crippen LogP contribution < -0.4 is 5.32 Å². The van der Waals surface area contributed by atoms with Gasteiger partial charge in [0.15, 0.2) is 0 Å². The minimum Gasteiger partial charge on any atom is -0.332 e. The Bertz CT molecular complexity index is 973. The molecule has 0 atom stereocenters. The molecule has 0 saturated heterocycles. The molecule has 0 radical (unpaired) electrons. The van der Waals surface area contributed by atoms with E-state index >= 15 is 0 Å². The van der Waals surface area contributed by atoms with E-state index in [1.807, 2.05) is 30.3 Å². The van der Waals surface area contributed by atoms with Crippen LogP contribution in [0.15, 0.2) is 60.9 Å². The van der Waals surface area contributed by atoms with E-state index in [1.165, 1.54) is 11.1 Å². The van der Waals surface area contributed by atoms with Crippen molar-refractivity contribution >= 4 is 40.7 Å². The van der Waals surface area contributed by atoms with E-state index < -0.39 is 0 Å². The number of anilines is 1. The number of carbonyl (C=O) groups excluding carboxylic acids is 2. The van der Waals surface area contributed by atoms with Gasteiger partial charge in [-0.3, -0.25) is 9.59 Å². The molecule has 138 valence electrons. The van der Waals surface area contributed by atoms with Crippen LogP contribution in [-0.4, -0.2) is 40.1 Å². The van der Waals surface area contributed by atoms with Crippen LogP contribution in [-0.2, 0) is 4.79 Å². The Morgan fingerprint density at radius 3 is 2.56 bits per heavy atom. The van der Waals surface area contributed by atoms with Gasteiger partial charge in [-0.05, 0) is 30.3 Å². The molecule has 3 aromatic rings. The predicted molar refractivity (Wildman–Crippen MR) is 106 cm³/mol. The number of para-hydroxylation sites is 1. The molecule has 0 aliphatic heterocycles. The van der Waals surface area contributed by atoms with Gasteiger partial charge in [-0.25, -0.2) is 4.68 Å². The second-order valence-corrected chi connectivity index (χ2v) is 6.66. The Morgan fingerprint density at radius 2 is 1.85 bits per heavy atom. The highest BCUT2D eigenvalue weighted by atomic mass is 35.5. The number of carbonyl (C=O) groups is 2. The van der Waals surface area contributed by atoms with Crippen molar-refractivity contribution in [2.75, 3.05) is 18.9 Å². The number of likely N-dealkylation sites (N-methyl/N-ethyl adjacent to an activating group) is 1. The minimum atomic E-state index is -0.348. The van der Waals surface area contributed by atoms with E-state index in [0.717, 1.165) is 5.69 Å². The first-order valence-electron chi connectivity index (χ1n) is 8.04. The van der Waals surface area contributed by atoms with Gasteiger partial charge < -0.3 is 10.2 Å². The largest absolute Gasteiger partial charge is 0.332 e. The molecule has 0 spiro atoms. The minimum absolute atomic E-state index is 0.115.